The largest absolute Gasteiger partial charge is 0.377 e. The van der Waals surface area contributed by atoms with Crippen molar-refractivity contribution in [3.05, 3.63) is 0 Å². The number of hydrogen-bond donors (Lipinski definition) is 1. The van der Waals surface area contributed by atoms with E-state index in [4.69, 9.17) is 4.74 Å². The molecule has 0 radical (unpaired) electrons. The van der Waals surface area contributed by atoms with Gasteiger partial charge in [-0.3, -0.25) is 19.8 Å². The van der Waals surface area contributed by atoms with Crippen molar-refractivity contribution in [1.82, 2.24) is 10.2 Å². The highest BCUT2D eigenvalue weighted by molar-refractivity contribution is 5.99. The van der Waals surface area contributed by atoms with Gasteiger partial charge in [-0.1, -0.05) is 0 Å². The molecule has 0 bridgehead atoms. The van der Waals surface area contributed by atoms with Gasteiger partial charge in [-0.05, 0) is 20.3 Å². The van der Waals surface area contributed by atoms with Crippen LogP contribution in [-0.4, -0.2) is 48.1 Å². The van der Waals surface area contributed by atoms with E-state index in [9.17, 15) is 9.59 Å². The lowest BCUT2D eigenvalue weighted by molar-refractivity contribution is -0.139. The number of nitrogens with one attached hydrogen (secondary N) is 1. The third kappa shape index (κ3) is 1.77. The second-order valence-corrected chi connectivity index (χ2v) is 4.45. The molecule has 0 aromatic heterocycles. The van der Waals surface area contributed by atoms with Crippen LogP contribution in [0.2, 0.25) is 0 Å². The smallest absolute Gasteiger partial charge is 0.240 e. The summed E-state index contributed by atoms with van der Waals surface area (Å²) in [7, 11) is 0. The van der Waals surface area contributed by atoms with Gasteiger partial charge in [0.15, 0.2) is 0 Å². The first kappa shape index (κ1) is 10.6. The predicted molar refractivity (Wildman–Crippen MR) is 53.2 cm³/mol. The lowest BCUT2D eigenvalue weighted by Crippen LogP contribution is -2.61. The normalized spacial score (nSPS) is 38.1. The summed E-state index contributed by atoms with van der Waals surface area (Å²) < 4.78 is 5.51. The summed E-state index contributed by atoms with van der Waals surface area (Å²) in [6, 6.07) is 0. The van der Waals surface area contributed by atoms with E-state index >= 15 is 0 Å². The van der Waals surface area contributed by atoms with Crippen LogP contribution in [0, 0.1) is 0 Å². The molecule has 84 valence electrons. The van der Waals surface area contributed by atoms with Gasteiger partial charge in [-0.25, -0.2) is 0 Å². The Balaban J connectivity index is 2.15. The average Bonchev–Trinajstić information content (AvgIpc) is 2.47. The molecular formula is C10H16N2O3. The summed E-state index contributed by atoms with van der Waals surface area (Å²) in [6.07, 6.45) is 0.936. The minimum Gasteiger partial charge on any atom is -0.377 e. The Morgan fingerprint density at radius 2 is 2.00 bits per heavy atom. The number of piperazine rings is 1. The summed E-state index contributed by atoms with van der Waals surface area (Å²) in [5.74, 6) is -0.432. The van der Waals surface area contributed by atoms with Gasteiger partial charge < -0.3 is 4.74 Å². The number of hydrogen-bond acceptors (Lipinski definition) is 4. The third-order valence-corrected chi connectivity index (χ3v) is 3.52. The number of amides is 2. The molecule has 2 amide bonds. The van der Waals surface area contributed by atoms with Crippen molar-refractivity contribution in [3.8, 4) is 0 Å². The number of imide groups is 1. The summed E-state index contributed by atoms with van der Waals surface area (Å²) in [6.45, 7) is 5.32. The van der Waals surface area contributed by atoms with Gasteiger partial charge in [0, 0.05) is 12.1 Å². The molecule has 2 fully saturated rings. The van der Waals surface area contributed by atoms with E-state index in [0.717, 1.165) is 6.42 Å². The Bertz CT molecular complexity index is 289. The number of carbonyl (C=O) groups is 2. The minimum atomic E-state index is -0.216. The molecule has 0 saturated carbocycles. The predicted octanol–water partition coefficient (Wildman–Crippen LogP) is -0.488. The molecule has 2 aliphatic heterocycles. The van der Waals surface area contributed by atoms with E-state index < -0.39 is 0 Å². The Hall–Kier alpha value is -0.940. The maximum atomic E-state index is 11.3. The van der Waals surface area contributed by atoms with Crippen LogP contribution >= 0.6 is 0 Å². The maximum Gasteiger partial charge on any atom is 0.240 e. The summed E-state index contributed by atoms with van der Waals surface area (Å²) in [4.78, 5) is 24.5. The molecule has 2 heterocycles. The van der Waals surface area contributed by atoms with Crippen molar-refractivity contribution in [2.45, 2.75) is 31.9 Å². The van der Waals surface area contributed by atoms with Crippen molar-refractivity contribution in [1.29, 1.82) is 0 Å². The molecule has 0 aliphatic carbocycles. The van der Waals surface area contributed by atoms with Crippen LogP contribution in [0.3, 0.4) is 0 Å². The zero-order valence-electron chi connectivity index (χ0n) is 9.08. The van der Waals surface area contributed by atoms with Crippen LogP contribution < -0.4 is 5.32 Å². The van der Waals surface area contributed by atoms with Crippen molar-refractivity contribution < 1.29 is 14.3 Å². The molecule has 0 aromatic rings. The topological polar surface area (TPSA) is 58.6 Å². The van der Waals surface area contributed by atoms with Crippen molar-refractivity contribution in [3.63, 3.8) is 0 Å². The standard InChI is InChI=1S/C10H16N2O3/c1-7-10(2,3-4-15-7)12-5-8(13)11-9(14)6-12/h7H,3-6H2,1-2H3,(H,11,13,14). The molecule has 5 heteroatoms. The quantitative estimate of drug-likeness (QED) is 0.596. The number of rotatable bonds is 1. The molecular weight excluding hydrogens is 196 g/mol. The third-order valence-electron chi connectivity index (χ3n) is 3.52. The molecule has 15 heavy (non-hydrogen) atoms. The Morgan fingerprint density at radius 1 is 1.40 bits per heavy atom. The number of ether oxygens (including phenoxy) is 1. The highest BCUT2D eigenvalue weighted by Gasteiger charge is 2.44. The first-order valence-electron chi connectivity index (χ1n) is 5.22. The van der Waals surface area contributed by atoms with Gasteiger partial charge in [-0.15, -0.1) is 0 Å². The van der Waals surface area contributed by atoms with Crippen LogP contribution in [0.1, 0.15) is 20.3 Å². The number of carbonyl (C=O) groups excluding carboxylic acids is 2. The van der Waals surface area contributed by atoms with E-state index in [1.165, 1.54) is 0 Å². The molecule has 1 N–H and O–H groups in total. The van der Waals surface area contributed by atoms with Crippen LogP contribution in [0.4, 0.5) is 0 Å². The molecule has 2 saturated heterocycles. The van der Waals surface area contributed by atoms with E-state index in [-0.39, 0.29) is 36.5 Å². The van der Waals surface area contributed by atoms with E-state index in [2.05, 4.69) is 12.2 Å². The lowest BCUT2D eigenvalue weighted by atomic mass is 9.91. The Morgan fingerprint density at radius 3 is 2.47 bits per heavy atom. The Labute approximate surface area is 88.8 Å². The average molecular weight is 212 g/mol. The van der Waals surface area contributed by atoms with Crippen LogP contribution in [0.15, 0.2) is 0 Å². The van der Waals surface area contributed by atoms with Crippen LogP contribution in [0.25, 0.3) is 0 Å². The fraction of sp³-hybridized carbons (Fsp3) is 0.800. The van der Waals surface area contributed by atoms with Gasteiger partial charge in [0.05, 0.1) is 19.2 Å². The van der Waals surface area contributed by atoms with Crippen LogP contribution in [-0.2, 0) is 14.3 Å². The fourth-order valence-electron chi connectivity index (χ4n) is 2.24. The number of nitrogens with zero attached hydrogens (tertiary/aromatic N) is 1. The summed E-state index contributed by atoms with van der Waals surface area (Å²) in [5, 5.41) is 2.30. The van der Waals surface area contributed by atoms with Gasteiger partial charge >= 0.3 is 0 Å². The van der Waals surface area contributed by atoms with Gasteiger partial charge in [0.2, 0.25) is 11.8 Å². The Kier molecular flexibility index (Phi) is 2.52. The van der Waals surface area contributed by atoms with Gasteiger partial charge in [0.25, 0.3) is 0 Å². The summed E-state index contributed by atoms with van der Waals surface area (Å²) in [5.41, 5.74) is -0.187. The highest BCUT2D eigenvalue weighted by atomic mass is 16.5. The molecule has 0 aromatic carbocycles. The molecule has 5 nitrogen and oxygen atoms in total. The van der Waals surface area contributed by atoms with E-state index in [1.54, 1.807) is 0 Å². The zero-order chi connectivity index (χ0) is 11.1. The molecule has 2 unspecified atom stereocenters. The fourth-order valence-corrected chi connectivity index (χ4v) is 2.24. The van der Waals surface area contributed by atoms with Gasteiger partial charge in [0.1, 0.15) is 0 Å². The van der Waals surface area contributed by atoms with Crippen molar-refractivity contribution in [2.75, 3.05) is 19.7 Å². The van der Waals surface area contributed by atoms with Gasteiger partial charge in [-0.2, -0.15) is 0 Å². The molecule has 2 atom stereocenters. The SMILES string of the molecule is CC1OCCC1(C)N1CC(=O)NC(=O)C1. The lowest BCUT2D eigenvalue weighted by Gasteiger charge is -2.41. The summed E-state index contributed by atoms with van der Waals surface area (Å²) >= 11 is 0. The van der Waals surface area contributed by atoms with E-state index in [0.29, 0.717) is 6.61 Å². The molecule has 0 spiro atoms. The molecule has 2 aliphatic rings. The minimum absolute atomic E-state index is 0.0659. The first-order valence-corrected chi connectivity index (χ1v) is 5.22. The highest BCUT2D eigenvalue weighted by Crippen LogP contribution is 2.31. The second-order valence-electron chi connectivity index (χ2n) is 4.45. The monoisotopic (exact) mass is 212 g/mol. The van der Waals surface area contributed by atoms with Crippen molar-refractivity contribution >= 4 is 11.8 Å². The van der Waals surface area contributed by atoms with E-state index in [1.807, 2.05) is 11.8 Å². The zero-order valence-corrected chi connectivity index (χ0v) is 9.08. The first-order chi connectivity index (χ1) is 7.02. The van der Waals surface area contributed by atoms with Crippen LogP contribution in [0.5, 0.6) is 0 Å². The van der Waals surface area contributed by atoms with Crippen molar-refractivity contribution in [2.24, 2.45) is 0 Å². The second kappa shape index (κ2) is 3.57. The maximum absolute atomic E-state index is 11.3. The molecule has 2 rings (SSSR count).